The maximum atomic E-state index is 6.03. The van der Waals surface area contributed by atoms with Gasteiger partial charge in [0.1, 0.15) is 0 Å². The van der Waals surface area contributed by atoms with Gasteiger partial charge >= 0.3 is 0 Å². The van der Waals surface area contributed by atoms with Crippen LogP contribution in [0.4, 0.5) is 0 Å². The van der Waals surface area contributed by atoms with Crippen LogP contribution in [-0.4, -0.2) is 0 Å². The van der Waals surface area contributed by atoms with Gasteiger partial charge in [-0.1, -0.05) is 78.9 Å². The lowest BCUT2D eigenvalue weighted by molar-refractivity contribution is 1.08. The summed E-state index contributed by atoms with van der Waals surface area (Å²) in [4.78, 5) is 0. The molecule has 0 bridgehead atoms. The lowest BCUT2D eigenvalue weighted by atomic mass is 9.92. The van der Waals surface area contributed by atoms with Gasteiger partial charge in [0, 0.05) is 6.54 Å². The van der Waals surface area contributed by atoms with Gasteiger partial charge in [-0.2, -0.15) is 13.5 Å². The van der Waals surface area contributed by atoms with Crippen LogP contribution in [0.25, 0.3) is 22.3 Å². The van der Waals surface area contributed by atoms with Gasteiger partial charge in [-0.3, -0.25) is 0 Å². The molecule has 0 aliphatic carbocycles. The van der Waals surface area contributed by atoms with E-state index in [0.717, 1.165) is 0 Å². The summed E-state index contributed by atoms with van der Waals surface area (Å²) in [7, 11) is 0. The van der Waals surface area contributed by atoms with E-state index in [1.165, 1.54) is 27.8 Å². The average Bonchev–Trinajstić information content (AvgIpc) is 2.55. The van der Waals surface area contributed by atoms with Crippen LogP contribution in [0.2, 0.25) is 0 Å². The second-order valence-electron chi connectivity index (χ2n) is 4.77. The zero-order chi connectivity index (χ0) is 13.8. The number of hydrogen-bond acceptors (Lipinski definition) is 1. The smallest absolute Gasteiger partial charge is 0.0190 e. The average molecular weight is 293 g/mol. The molecule has 1 nitrogen and oxygen atoms in total. The molecule has 3 aromatic rings. The molecule has 0 heterocycles. The summed E-state index contributed by atoms with van der Waals surface area (Å²) in [6.45, 7) is 0.537. The molecule has 0 atom stereocenters. The van der Waals surface area contributed by atoms with Crippen LogP contribution in [0.15, 0.2) is 78.9 Å². The fraction of sp³-hybridized carbons (Fsp3) is 0.0526. The van der Waals surface area contributed by atoms with Crippen LogP contribution in [0.3, 0.4) is 0 Å². The molecule has 0 aliphatic rings. The first kappa shape index (κ1) is 15.4. The Morgan fingerprint density at radius 1 is 0.571 bits per heavy atom. The normalized spacial score (nSPS) is 9.95. The Labute approximate surface area is 132 Å². The molecule has 0 amide bonds. The van der Waals surface area contributed by atoms with E-state index < -0.39 is 0 Å². The summed E-state index contributed by atoms with van der Waals surface area (Å²) in [5.74, 6) is 0. The number of hydrogen-bond donors (Lipinski definition) is 1. The molecule has 0 aromatic heterocycles. The molecule has 3 aromatic carbocycles. The highest BCUT2D eigenvalue weighted by molar-refractivity contribution is 7.59. The van der Waals surface area contributed by atoms with Crippen molar-refractivity contribution in [2.75, 3.05) is 0 Å². The van der Waals surface area contributed by atoms with Crippen molar-refractivity contribution >= 4 is 13.5 Å². The Hall–Kier alpha value is -2.03. The minimum atomic E-state index is 0. The minimum Gasteiger partial charge on any atom is -0.326 e. The quantitative estimate of drug-likeness (QED) is 0.751. The number of benzene rings is 3. The summed E-state index contributed by atoms with van der Waals surface area (Å²) in [6.07, 6.45) is 0. The van der Waals surface area contributed by atoms with Gasteiger partial charge in [0.15, 0.2) is 0 Å². The zero-order valence-corrected chi connectivity index (χ0v) is 12.8. The lowest BCUT2D eigenvalue weighted by Gasteiger charge is -2.14. The molecular weight excluding hydrogens is 274 g/mol. The standard InChI is InChI=1S/C19H17N.H2S/c20-14-19-17(15-8-3-1-4-9-15)12-7-13-18(19)16-10-5-2-6-11-16;/h1-13H,14,20H2;1H2. The second kappa shape index (κ2) is 7.11. The molecular formula is C19H19NS. The highest BCUT2D eigenvalue weighted by atomic mass is 32.1. The van der Waals surface area contributed by atoms with Gasteiger partial charge < -0.3 is 5.73 Å². The molecule has 0 saturated heterocycles. The third-order valence-corrected chi connectivity index (χ3v) is 3.55. The molecule has 0 spiro atoms. The van der Waals surface area contributed by atoms with Crippen LogP contribution < -0.4 is 5.73 Å². The maximum Gasteiger partial charge on any atom is 0.0190 e. The van der Waals surface area contributed by atoms with E-state index in [2.05, 4.69) is 66.7 Å². The molecule has 0 radical (unpaired) electrons. The van der Waals surface area contributed by atoms with Crippen LogP contribution in [0.1, 0.15) is 5.56 Å². The molecule has 3 rings (SSSR count). The topological polar surface area (TPSA) is 26.0 Å². The summed E-state index contributed by atoms with van der Waals surface area (Å²) < 4.78 is 0. The van der Waals surface area contributed by atoms with Gasteiger partial charge in [-0.25, -0.2) is 0 Å². The van der Waals surface area contributed by atoms with E-state index in [1.807, 2.05) is 12.1 Å². The maximum absolute atomic E-state index is 6.03. The van der Waals surface area contributed by atoms with Crippen molar-refractivity contribution in [1.29, 1.82) is 0 Å². The second-order valence-corrected chi connectivity index (χ2v) is 4.77. The Morgan fingerprint density at radius 3 is 1.38 bits per heavy atom. The lowest BCUT2D eigenvalue weighted by Crippen LogP contribution is -2.01. The predicted octanol–water partition coefficient (Wildman–Crippen LogP) is 4.59. The molecule has 0 fully saturated rings. The molecule has 2 heteroatoms. The Kier molecular flexibility index (Phi) is 5.20. The molecule has 0 unspecified atom stereocenters. The Balaban J connectivity index is 0.00000161. The minimum absolute atomic E-state index is 0. The Bertz CT molecular complexity index is 636. The molecule has 2 N–H and O–H groups in total. The largest absolute Gasteiger partial charge is 0.326 e. The number of nitrogens with two attached hydrogens (primary N) is 1. The molecule has 0 aliphatic heterocycles. The first-order chi connectivity index (χ1) is 9.90. The fourth-order valence-electron chi connectivity index (χ4n) is 2.58. The fourth-order valence-corrected chi connectivity index (χ4v) is 2.58. The van der Waals surface area contributed by atoms with Crippen molar-refractivity contribution in [3.63, 3.8) is 0 Å². The third kappa shape index (κ3) is 3.18. The summed E-state index contributed by atoms with van der Waals surface area (Å²) in [5.41, 5.74) is 12.1. The van der Waals surface area contributed by atoms with Crippen LogP contribution in [0, 0.1) is 0 Å². The Morgan fingerprint density at radius 2 is 1.00 bits per heavy atom. The predicted molar refractivity (Wildman–Crippen MR) is 95.6 cm³/mol. The van der Waals surface area contributed by atoms with Crippen molar-refractivity contribution in [3.8, 4) is 22.3 Å². The van der Waals surface area contributed by atoms with Gasteiger partial charge in [0.25, 0.3) is 0 Å². The van der Waals surface area contributed by atoms with Crippen molar-refractivity contribution < 1.29 is 0 Å². The zero-order valence-electron chi connectivity index (χ0n) is 11.8. The van der Waals surface area contributed by atoms with Gasteiger partial charge in [0.2, 0.25) is 0 Å². The van der Waals surface area contributed by atoms with Crippen molar-refractivity contribution in [2.45, 2.75) is 6.54 Å². The first-order valence-corrected chi connectivity index (χ1v) is 6.83. The third-order valence-electron chi connectivity index (χ3n) is 3.55. The molecule has 0 saturated carbocycles. The van der Waals surface area contributed by atoms with Crippen LogP contribution in [-0.2, 0) is 6.54 Å². The summed E-state index contributed by atoms with van der Waals surface area (Å²) in [5, 5.41) is 0. The van der Waals surface area contributed by atoms with E-state index in [-0.39, 0.29) is 13.5 Å². The van der Waals surface area contributed by atoms with Gasteiger partial charge in [-0.15, -0.1) is 0 Å². The van der Waals surface area contributed by atoms with E-state index in [1.54, 1.807) is 0 Å². The van der Waals surface area contributed by atoms with E-state index >= 15 is 0 Å². The van der Waals surface area contributed by atoms with Crippen molar-refractivity contribution in [1.82, 2.24) is 0 Å². The van der Waals surface area contributed by atoms with E-state index in [0.29, 0.717) is 6.54 Å². The molecule has 21 heavy (non-hydrogen) atoms. The molecule has 106 valence electrons. The van der Waals surface area contributed by atoms with Crippen molar-refractivity contribution in [3.05, 3.63) is 84.4 Å². The SMILES string of the molecule is NCc1c(-c2ccccc2)cccc1-c1ccccc1.S. The summed E-state index contributed by atoms with van der Waals surface area (Å²) in [6, 6.07) is 27.2. The van der Waals surface area contributed by atoms with E-state index in [9.17, 15) is 0 Å². The first-order valence-electron chi connectivity index (χ1n) is 6.83. The monoisotopic (exact) mass is 293 g/mol. The highest BCUT2D eigenvalue weighted by Crippen LogP contribution is 2.31. The van der Waals surface area contributed by atoms with E-state index in [4.69, 9.17) is 5.73 Å². The highest BCUT2D eigenvalue weighted by Gasteiger charge is 2.09. The number of rotatable bonds is 3. The van der Waals surface area contributed by atoms with Gasteiger partial charge in [0.05, 0.1) is 0 Å². The van der Waals surface area contributed by atoms with Gasteiger partial charge in [-0.05, 0) is 27.8 Å². The van der Waals surface area contributed by atoms with Crippen molar-refractivity contribution in [2.24, 2.45) is 5.73 Å². The summed E-state index contributed by atoms with van der Waals surface area (Å²) >= 11 is 0. The van der Waals surface area contributed by atoms with Crippen LogP contribution in [0.5, 0.6) is 0 Å². The van der Waals surface area contributed by atoms with Crippen LogP contribution >= 0.6 is 13.5 Å².